The number of rotatable bonds is 6. The van der Waals surface area contributed by atoms with E-state index in [2.05, 4.69) is 0 Å². The largest absolute Gasteiger partial charge is 0.493 e. The molecule has 0 aromatic heterocycles. The van der Waals surface area contributed by atoms with E-state index in [9.17, 15) is 19.5 Å². The Morgan fingerprint density at radius 3 is 2.10 bits per heavy atom. The van der Waals surface area contributed by atoms with Crippen molar-refractivity contribution in [3.63, 3.8) is 0 Å². The van der Waals surface area contributed by atoms with Crippen molar-refractivity contribution in [3.8, 4) is 5.75 Å². The molecule has 1 N–H and O–H groups in total. The summed E-state index contributed by atoms with van der Waals surface area (Å²) in [4.78, 5) is 39.7. The van der Waals surface area contributed by atoms with E-state index >= 15 is 0 Å². The van der Waals surface area contributed by atoms with Gasteiger partial charge >= 0.3 is 5.97 Å². The number of amides is 2. The summed E-state index contributed by atoms with van der Waals surface area (Å²) in [7, 11) is 0. The topological polar surface area (TPSA) is 87.2 Å². The van der Waals surface area contributed by atoms with Crippen molar-refractivity contribution in [2.24, 2.45) is 0 Å². The van der Waals surface area contributed by atoms with Crippen LogP contribution in [0.5, 0.6) is 5.75 Å². The molecule has 1 fully saturated rings. The number of benzene rings is 2. The fourth-order valence-electron chi connectivity index (χ4n) is 3.23. The number of ether oxygens (including phenoxy) is 1. The summed E-state index contributed by atoms with van der Waals surface area (Å²) in [5.74, 6) is -0.736. The minimum Gasteiger partial charge on any atom is -0.493 e. The quantitative estimate of drug-likeness (QED) is 0.810. The summed E-state index contributed by atoms with van der Waals surface area (Å²) in [6, 6.07) is 13.8. The number of carboxylic acid groups (broad SMARTS) is 1. The van der Waals surface area contributed by atoms with Gasteiger partial charge in [0.25, 0.3) is 5.91 Å². The number of piperazine rings is 1. The number of carbonyl (C=O) groups is 3. The lowest BCUT2D eigenvalue weighted by molar-refractivity contribution is -0.133. The predicted molar refractivity (Wildman–Crippen MR) is 107 cm³/mol. The highest BCUT2D eigenvalue weighted by atomic mass is 16.5. The minimum absolute atomic E-state index is 0.00994. The van der Waals surface area contributed by atoms with Crippen LogP contribution in [0.15, 0.2) is 48.5 Å². The summed E-state index contributed by atoms with van der Waals surface area (Å²) >= 11 is 0. The van der Waals surface area contributed by atoms with Crippen LogP contribution in [0.2, 0.25) is 0 Å². The Hall–Kier alpha value is -3.35. The van der Waals surface area contributed by atoms with E-state index in [1.165, 1.54) is 12.1 Å². The second-order valence-electron chi connectivity index (χ2n) is 6.94. The van der Waals surface area contributed by atoms with Gasteiger partial charge in [-0.25, -0.2) is 4.79 Å². The van der Waals surface area contributed by atoms with Gasteiger partial charge < -0.3 is 19.6 Å². The van der Waals surface area contributed by atoms with E-state index in [1.54, 1.807) is 21.9 Å². The van der Waals surface area contributed by atoms with Crippen molar-refractivity contribution in [2.45, 2.75) is 13.3 Å². The number of aromatic carboxylic acids is 1. The van der Waals surface area contributed by atoms with Crippen LogP contribution < -0.4 is 4.74 Å². The molecule has 1 heterocycles. The highest BCUT2D eigenvalue weighted by Crippen LogP contribution is 2.15. The molecule has 7 nitrogen and oxygen atoms in total. The van der Waals surface area contributed by atoms with Gasteiger partial charge in [0.05, 0.1) is 24.2 Å². The third-order valence-corrected chi connectivity index (χ3v) is 4.91. The molecule has 29 heavy (non-hydrogen) atoms. The fraction of sp³-hybridized carbons (Fsp3) is 0.318. The van der Waals surface area contributed by atoms with Gasteiger partial charge in [-0.05, 0) is 31.2 Å². The molecule has 1 aliphatic rings. The van der Waals surface area contributed by atoms with Crippen molar-refractivity contribution in [3.05, 3.63) is 65.2 Å². The highest BCUT2D eigenvalue weighted by molar-refractivity contribution is 6.04. The number of hydrogen-bond donors (Lipinski definition) is 1. The van der Waals surface area contributed by atoms with Crippen molar-refractivity contribution < 1.29 is 24.2 Å². The maximum absolute atomic E-state index is 12.7. The molecule has 2 amide bonds. The Kier molecular flexibility index (Phi) is 6.49. The van der Waals surface area contributed by atoms with Gasteiger partial charge in [-0.3, -0.25) is 9.59 Å². The van der Waals surface area contributed by atoms with Gasteiger partial charge in [-0.2, -0.15) is 0 Å². The first-order valence-electron chi connectivity index (χ1n) is 9.54. The summed E-state index contributed by atoms with van der Waals surface area (Å²) in [6.45, 7) is 3.88. The molecule has 2 aromatic rings. The Bertz CT molecular complexity index is 886. The molecule has 1 saturated heterocycles. The Balaban J connectivity index is 1.48. The molecule has 0 radical (unpaired) electrons. The van der Waals surface area contributed by atoms with Crippen molar-refractivity contribution >= 4 is 17.8 Å². The number of aryl methyl sites for hydroxylation is 1. The van der Waals surface area contributed by atoms with Crippen LogP contribution in [0, 0.1) is 6.92 Å². The zero-order valence-electron chi connectivity index (χ0n) is 16.3. The average Bonchev–Trinajstić information content (AvgIpc) is 2.74. The summed E-state index contributed by atoms with van der Waals surface area (Å²) < 4.78 is 5.61. The number of hydrogen-bond acceptors (Lipinski definition) is 4. The summed E-state index contributed by atoms with van der Waals surface area (Å²) in [6.07, 6.45) is 0.268. The maximum Gasteiger partial charge on any atom is 0.336 e. The summed E-state index contributed by atoms with van der Waals surface area (Å²) in [5, 5.41) is 9.27. The third-order valence-electron chi connectivity index (χ3n) is 4.91. The van der Waals surface area contributed by atoms with E-state index in [0.29, 0.717) is 32.8 Å². The zero-order chi connectivity index (χ0) is 20.8. The normalized spacial score (nSPS) is 13.8. The zero-order valence-corrected chi connectivity index (χ0v) is 16.3. The first kappa shape index (κ1) is 20.4. The second kappa shape index (κ2) is 9.23. The van der Waals surface area contributed by atoms with Crippen LogP contribution in [0.3, 0.4) is 0 Å². The van der Waals surface area contributed by atoms with Gasteiger partial charge in [0, 0.05) is 26.2 Å². The van der Waals surface area contributed by atoms with Gasteiger partial charge in [-0.1, -0.05) is 29.8 Å². The molecule has 0 saturated carbocycles. The van der Waals surface area contributed by atoms with E-state index in [4.69, 9.17) is 4.74 Å². The SMILES string of the molecule is Cc1ccc(OCCC(=O)N2CCN(C(=O)c3ccccc3C(=O)O)CC2)cc1. The smallest absolute Gasteiger partial charge is 0.336 e. The second-order valence-corrected chi connectivity index (χ2v) is 6.94. The average molecular weight is 396 g/mol. The molecule has 0 atom stereocenters. The molecule has 0 aliphatic carbocycles. The van der Waals surface area contributed by atoms with Crippen molar-refractivity contribution in [2.75, 3.05) is 32.8 Å². The highest BCUT2D eigenvalue weighted by Gasteiger charge is 2.26. The van der Waals surface area contributed by atoms with Crippen LogP contribution >= 0.6 is 0 Å². The first-order valence-corrected chi connectivity index (χ1v) is 9.54. The molecule has 7 heteroatoms. The van der Waals surface area contributed by atoms with Gasteiger partial charge in [-0.15, -0.1) is 0 Å². The lowest BCUT2D eigenvalue weighted by atomic mass is 10.1. The Labute approximate surface area is 169 Å². The predicted octanol–water partition coefficient (Wildman–Crippen LogP) is 2.45. The lowest BCUT2D eigenvalue weighted by Gasteiger charge is -2.35. The minimum atomic E-state index is -1.13. The molecule has 2 aromatic carbocycles. The van der Waals surface area contributed by atoms with Crippen LogP contribution in [0.25, 0.3) is 0 Å². The molecule has 0 spiro atoms. The number of carboxylic acids is 1. The molecule has 3 rings (SSSR count). The van der Waals surface area contributed by atoms with E-state index in [-0.39, 0.29) is 29.4 Å². The van der Waals surface area contributed by atoms with Gasteiger partial charge in [0.2, 0.25) is 5.91 Å². The Morgan fingerprint density at radius 1 is 0.897 bits per heavy atom. The van der Waals surface area contributed by atoms with Gasteiger partial charge in [0.1, 0.15) is 5.75 Å². The maximum atomic E-state index is 12.7. The lowest BCUT2D eigenvalue weighted by Crippen LogP contribution is -2.51. The molecular weight excluding hydrogens is 372 g/mol. The van der Waals surface area contributed by atoms with Crippen molar-refractivity contribution in [1.29, 1.82) is 0 Å². The number of nitrogens with zero attached hydrogens (tertiary/aromatic N) is 2. The standard InChI is InChI=1S/C22H24N2O5/c1-16-6-8-17(9-7-16)29-15-10-20(25)23-11-13-24(14-12-23)21(26)18-4-2-3-5-19(18)22(27)28/h2-9H,10-15H2,1H3,(H,27,28). The Morgan fingerprint density at radius 2 is 1.48 bits per heavy atom. The van der Waals surface area contributed by atoms with Crippen LogP contribution in [0.4, 0.5) is 0 Å². The molecule has 0 bridgehead atoms. The molecule has 152 valence electrons. The molecule has 0 unspecified atom stereocenters. The van der Waals surface area contributed by atoms with Crippen LogP contribution in [-0.2, 0) is 4.79 Å². The van der Waals surface area contributed by atoms with Gasteiger partial charge in [0.15, 0.2) is 0 Å². The third kappa shape index (κ3) is 5.13. The van der Waals surface area contributed by atoms with Crippen LogP contribution in [0.1, 0.15) is 32.7 Å². The van der Waals surface area contributed by atoms with Crippen LogP contribution in [-0.4, -0.2) is 65.5 Å². The fourth-order valence-corrected chi connectivity index (χ4v) is 3.23. The monoisotopic (exact) mass is 396 g/mol. The molecular formula is C22H24N2O5. The van der Waals surface area contributed by atoms with E-state index in [0.717, 1.165) is 11.3 Å². The van der Waals surface area contributed by atoms with Crippen molar-refractivity contribution in [1.82, 2.24) is 9.80 Å². The summed E-state index contributed by atoms with van der Waals surface area (Å²) in [5.41, 5.74) is 1.31. The first-order chi connectivity index (χ1) is 14.0. The number of carbonyl (C=O) groups excluding carboxylic acids is 2. The van der Waals surface area contributed by atoms with E-state index < -0.39 is 5.97 Å². The molecule has 1 aliphatic heterocycles. The van der Waals surface area contributed by atoms with E-state index in [1.807, 2.05) is 31.2 Å².